The molecular weight excluding hydrogens is 1510 g/mol. The second-order valence-electron chi connectivity index (χ2n) is 34.8. The Labute approximate surface area is 700 Å². The second kappa shape index (κ2) is 37.9. The molecule has 5 saturated heterocycles. The van der Waals surface area contributed by atoms with Crippen molar-refractivity contribution in [1.82, 2.24) is 40.7 Å². The SMILES string of the molecule is CB(O)N1CCC2(CC1)CC(C(=O)O)c1ccccc12.CB(O)N1CCC2(CC1)CC(NC(=O)OCc1ccccc1)c1ccccc12.CC(C)(C)N1C[C@@H](C(=O)N2CCC3(CC2)CC(NC(=O)OCc2ccccc2)c2ccccc23)[C@H](c2ccc(F)cc2F)C1.Cl.O=C(NC1CC2(CCNCC2)c2ccccc21)OCc1ccccc1. The average molecular weight is 1630 g/mol. The predicted molar refractivity (Wildman–Crippen MR) is 457 cm³/mol. The topological polar surface area (TPSA) is 235 Å². The molecule has 0 saturated carbocycles. The van der Waals surface area contributed by atoms with Crippen LogP contribution in [0.1, 0.15) is 195 Å². The first kappa shape index (κ1) is 86.4. The van der Waals surface area contributed by atoms with E-state index in [4.69, 9.17) is 14.2 Å². The van der Waals surface area contributed by atoms with Crippen LogP contribution in [-0.4, -0.2) is 150 Å². The van der Waals surface area contributed by atoms with E-state index < -0.39 is 43.7 Å². The standard InChI is InChI=1S/C36H41F2N3O3.C22H27BN2O3.C21H24N2O2.C15H20BNO3.ClH/c1-35(2,3)41-21-28(26-14-13-25(37)19-31(26)38)29(22-41)33(42)40-17-15-36(16-18-40)20-32(27-11-7-8-12-30(27)36)39-34(43)44-23-24-9-5-4-6-10-24;1-23(27)25-13-11-22(12-14-25)15-20(18-9-5-6-10-19(18)22)24-21(26)28-16-17-7-3-2-4-8-17;24-20(25-15-16-6-2-1-3-7-16)23-19-14-21(10-12-22-13-11-21)18-9-5-4-8-17(18)19;1-16(20)17-8-6-15(7-9-17)10-12(14(18)19)11-4-2-3-5-13(11)15;/h4-14,19,28-29,32H,15-18,20-23H2,1-3H3,(H,39,43);2-10,20,27H,11-16H2,1H3,(H,24,26);1-9,19,22H,10-15H2,(H,23,24);2-5,12,20H,6-10H2,1H3,(H,18,19);1H/t28-,29+,32?;;;;/m0..../s1. The third-order valence-corrected chi connectivity index (χ3v) is 26.9. The fourth-order valence-electron chi connectivity index (χ4n) is 20.5. The number of hydrogen-bond acceptors (Lipinski definition) is 14. The second-order valence-corrected chi connectivity index (χ2v) is 34.8. The number of carbonyl (C=O) groups excluding carboxylic acids is 4. The van der Waals surface area contributed by atoms with Crippen LogP contribution in [0.3, 0.4) is 0 Å². The molecule has 622 valence electrons. The van der Waals surface area contributed by atoms with E-state index in [1.165, 1.54) is 45.5 Å². The molecule has 0 bridgehead atoms. The fraction of sp³-hybridized carbons (Fsp3) is 0.436. The van der Waals surface area contributed by atoms with Crippen LogP contribution in [0.5, 0.6) is 0 Å². The summed E-state index contributed by atoms with van der Waals surface area (Å²) in [5.41, 5.74) is 13.0. The number of piperidine rings is 4. The molecule has 0 aromatic heterocycles. The van der Waals surface area contributed by atoms with Gasteiger partial charge >= 0.3 is 38.4 Å². The first-order valence-electron chi connectivity index (χ1n) is 42.0. The highest BCUT2D eigenvalue weighted by molar-refractivity contribution is 6.45. The van der Waals surface area contributed by atoms with E-state index in [2.05, 4.69) is 117 Å². The highest BCUT2D eigenvalue weighted by Crippen LogP contribution is 2.55. The summed E-state index contributed by atoms with van der Waals surface area (Å²) in [6.45, 7) is 18.4. The summed E-state index contributed by atoms with van der Waals surface area (Å²) in [7, 11) is -0.824. The van der Waals surface area contributed by atoms with Crippen molar-refractivity contribution < 1.29 is 62.1 Å². The van der Waals surface area contributed by atoms with Crippen LogP contribution < -0.4 is 21.3 Å². The van der Waals surface area contributed by atoms with Gasteiger partial charge in [-0.25, -0.2) is 23.2 Å². The third kappa shape index (κ3) is 19.5. The molecule has 0 radical (unpaired) electrons. The zero-order chi connectivity index (χ0) is 82.1. The van der Waals surface area contributed by atoms with Crippen LogP contribution in [-0.2, 0) is 65.3 Å². The smallest absolute Gasteiger partial charge is 0.407 e. The number of fused-ring (bicyclic) bond motifs is 8. The number of carbonyl (C=O) groups is 5. The van der Waals surface area contributed by atoms with Crippen molar-refractivity contribution in [1.29, 1.82) is 0 Å². The number of alkyl carbamates (subject to hydrolysis) is 3. The van der Waals surface area contributed by atoms with Crippen LogP contribution in [0.4, 0.5) is 23.2 Å². The number of nitrogens with one attached hydrogen (secondary N) is 4. The molecule has 6 atom stereocenters. The Kier molecular flexibility index (Phi) is 27.7. The molecule has 4 spiro atoms. The molecule has 17 rings (SSSR count). The minimum atomic E-state index is -0.715. The van der Waals surface area contributed by atoms with Gasteiger partial charge in [0.2, 0.25) is 5.91 Å². The minimum Gasteiger partial charge on any atom is -0.481 e. The third-order valence-electron chi connectivity index (χ3n) is 26.9. The normalized spacial score (nSPS) is 22.1. The maximum atomic E-state index is 15.0. The number of amides is 4. The molecule has 7 N–H and O–H groups in total. The minimum absolute atomic E-state index is 0. The highest BCUT2D eigenvalue weighted by atomic mass is 35.5. The number of rotatable bonds is 14. The van der Waals surface area contributed by atoms with Crippen molar-refractivity contribution in [3.05, 3.63) is 285 Å². The number of ether oxygens (including phenoxy) is 3. The lowest BCUT2D eigenvalue weighted by molar-refractivity contribution is -0.139. The molecule has 5 fully saturated rings. The average Bonchev–Trinajstić information content (AvgIpc) is 1.60. The Bertz CT molecular complexity index is 4750. The lowest BCUT2D eigenvalue weighted by atomic mass is 9.70. The molecule has 24 heteroatoms. The summed E-state index contributed by atoms with van der Waals surface area (Å²) in [5.74, 6) is -3.02. The summed E-state index contributed by atoms with van der Waals surface area (Å²) in [6.07, 6.45) is 9.80. The van der Waals surface area contributed by atoms with Gasteiger partial charge in [-0.2, -0.15) is 0 Å². The van der Waals surface area contributed by atoms with Crippen molar-refractivity contribution in [3.8, 4) is 0 Å². The maximum Gasteiger partial charge on any atom is 0.407 e. The molecule has 5 aliphatic heterocycles. The van der Waals surface area contributed by atoms with Crippen LogP contribution >= 0.6 is 12.4 Å². The summed E-state index contributed by atoms with van der Waals surface area (Å²) >= 11 is 0. The van der Waals surface area contributed by atoms with Gasteiger partial charge in [-0.1, -0.05) is 194 Å². The van der Waals surface area contributed by atoms with Crippen molar-refractivity contribution in [2.45, 2.75) is 188 Å². The Morgan fingerprint density at radius 2 is 0.805 bits per heavy atom. The van der Waals surface area contributed by atoms with E-state index in [0.717, 1.165) is 144 Å². The van der Waals surface area contributed by atoms with Crippen LogP contribution in [0.25, 0.3) is 0 Å². The van der Waals surface area contributed by atoms with Gasteiger partial charge in [0, 0.05) is 59.9 Å². The number of carboxylic acids is 1. The predicted octanol–water partition coefficient (Wildman–Crippen LogP) is 16.0. The van der Waals surface area contributed by atoms with E-state index in [1.807, 2.05) is 139 Å². The van der Waals surface area contributed by atoms with E-state index in [1.54, 1.807) is 6.82 Å². The van der Waals surface area contributed by atoms with E-state index in [0.29, 0.717) is 44.8 Å². The van der Waals surface area contributed by atoms with E-state index >= 15 is 0 Å². The maximum absolute atomic E-state index is 15.0. The molecule has 8 aromatic carbocycles. The molecule has 19 nitrogen and oxygen atoms in total. The van der Waals surface area contributed by atoms with E-state index in [9.17, 15) is 47.9 Å². The zero-order valence-corrected chi connectivity index (χ0v) is 69.3. The quantitative estimate of drug-likeness (QED) is 0.0396. The Morgan fingerprint density at radius 3 is 1.18 bits per heavy atom. The Morgan fingerprint density at radius 1 is 0.458 bits per heavy atom. The van der Waals surface area contributed by atoms with Crippen molar-refractivity contribution in [3.63, 3.8) is 0 Å². The van der Waals surface area contributed by atoms with Crippen molar-refractivity contribution in [2.75, 3.05) is 65.4 Å². The van der Waals surface area contributed by atoms with Gasteiger partial charge in [-0.15, -0.1) is 12.4 Å². The number of benzene rings is 8. The molecule has 9 aliphatic rings. The first-order chi connectivity index (χ1) is 56.4. The molecule has 118 heavy (non-hydrogen) atoms. The number of nitrogens with zero attached hydrogens (tertiary/aromatic N) is 4. The molecular formula is C94H113B2ClF2N8O11. The number of likely N-dealkylation sites (tertiary alicyclic amines) is 2. The number of carboxylic acid groups (broad SMARTS) is 1. The molecule has 4 unspecified atom stereocenters. The van der Waals surface area contributed by atoms with Crippen LogP contribution in [0.15, 0.2) is 206 Å². The molecule has 4 amide bonds. The number of hydrogen-bond donors (Lipinski definition) is 7. The van der Waals surface area contributed by atoms with Gasteiger partial charge in [0.15, 0.2) is 0 Å². The lowest BCUT2D eigenvalue weighted by Crippen LogP contribution is -2.48. The lowest BCUT2D eigenvalue weighted by Gasteiger charge is -2.41. The van der Waals surface area contributed by atoms with Crippen LogP contribution in [0.2, 0.25) is 13.6 Å². The van der Waals surface area contributed by atoms with Gasteiger partial charge in [-0.05, 0) is 229 Å². The van der Waals surface area contributed by atoms with Crippen LogP contribution in [0, 0.1) is 17.6 Å². The largest absolute Gasteiger partial charge is 0.481 e. The molecule has 8 aromatic rings. The molecule has 5 heterocycles. The Hall–Kier alpha value is -9.45. The zero-order valence-electron chi connectivity index (χ0n) is 68.5. The van der Waals surface area contributed by atoms with Gasteiger partial charge in [-0.3, -0.25) is 14.5 Å². The Balaban J connectivity index is 0.000000142. The monoisotopic (exact) mass is 1620 g/mol. The van der Waals surface area contributed by atoms with Gasteiger partial charge in [0.1, 0.15) is 31.5 Å². The van der Waals surface area contributed by atoms with Crippen molar-refractivity contribution >= 4 is 56.7 Å². The van der Waals surface area contributed by atoms with Crippen molar-refractivity contribution in [2.24, 2.45) is 5.92 Å². The van der Waals surface area contributed by atoms with Gasteiger partial charge in [0.05, 0.1) is 30.0 Å². The summed E-state index contributed by atoms with van der Waals surface area (Å²) in [6, 6.07) is 65.9. The number of aliphatic carboxylic acids is 1. The highest BCUT2D eigenvalue weighted by Gasteiger charge is 2.52. The number of halogens is 3. The summed E-state index contributed by atoms with van der Waals surface area (Å²) in [4.78, 5) is 71.5. The summed E-state index contributed by atoms with van der Waals surface area (Å²) < 4.78 is 45.1. The summed E-state index contributed by atoms with van der Waals surface area (Å²) in [5, 5.41) is 41.7. The molecule has 4 aliphatic carbocycles. The first-order valence-corrected chi connectivity index (χ1v) is 42.0. The van der Waals surface area contributed by atoms with Gasteiger partial charge in [0.25, 0.3) is 0 Å². The fourth-order valence-corrected chi connectivity index (χ4v) is 20.5. The van der Waals surface area contributed by atoms with Gasteiger partial charge < -0.3 is 65.2 Å². The van der Waals surface area contributed by atoms with E-state index in [-0.39, 0.29) is 101 Å².